The Morgan fingerprint density at radius 1 is 1.46 bits per heavy atom. The van der Waals surface area contributed by atoms with Crippen LogP contribution in [-0.2, 0) is 9.59 Å². The molecule has 2 rings (SSSR count). The van der Waals surface area contributed by atoms with Crippen molar-refractivity contribution in [3.63, 3.8) is 0 Å². The molecule has 2 amide bonds. The molecule has 0 N–H and O–H groups in total. The van der Waals surface area contributed by atoms with E-state index in [0.29, 0.717) is 5.03 Å². The van der Waals surface area contributed by atoms with E-state index in [9.17, 15) is 9.59 Å². The maximum Gasteiger partial charge on any atom is 0.257 e. The molecule has 5 heteroatoms. The average molecular weight is 197 g/mol. The number of nitrogens with zero attached hydrogens (tertiary/aromatic N) is 2. The zero-order chi connectivity index (χ0) is 9.42. The minimum atomic E-state index is -0.446. The standard InChI is InChI=1S/C8H5ClN2O2/c9-5-2-1-3-11-7(13)4-6(12)10-8(5)11/h1-3H,4H2. The summed E-state index contributed by atoms with van der Waals surface area (Å²) in [6, 6.07) is 0. The molecule has 0 aromatic rings. The predicted molar refractivity (Wildman–Crippen MR) is 47.0 cm³/mol. The van der Waals surface area contributed by atoms with Crippen LogP contribution in [-0.4, -0.2) is 22.5 Å². The minimum Gasteiger partial charge on any atom is -0.273 e. The molecule has 0 aromatic carbocycles. The van der Waals surface area contributed by atoms with Crippen LogP contribution in [0.4, 0.5) is 0 Å². The van der Waals surface area contributed by atoms with E-state index in [2.05, 4.69) is 4.99 Å². The second kappa shape index (κ2) is 2.81. The molecular formula is C8H5ClN2O2. The van der Waals surface area contributed by atoms with Gasteiger partial charge in [0, 0.05) is 6.20 Å². The summed E-state index contributed by atoms with van der Waals surface area (Å²) >= 11 is 5.75. The van der Waals surface area contributed by atoms with Gasteiger partial charge in [0.2, 0.25) is 5.91 Å². The molecule has 0 aliphatic carbocycles. The fourth-order valence-electron chi connectivity index (χ4n) is 1.15. The van der Waals surface area contributed by atoms with Gasteiger partial charge in [-0.15, -0.1) is 0 Å². The van der Waals surface area contributed by atoms with Crippen molar-refractivity contribution in [2.24, 2.45) is 4.99 Å². The molecule has 0 unspecified atom stereocenters. The zero-order valence-corrected chi connectivity index (χ0v) is 7.28. The monoisotopic (exact) mass is 196 g/mol. The second-order valence-electron chi connectivity index (χ2n) is 2.63. The Morgan fingerprint density at radius 3 is 3.00 bits per heavy atom. The molecule has 0 fully saturated rings. The number of carbonyl (C=O) groups excluding carboxylic acids is 2. The summed E-state index contributed by atoms with van der Waals surface area (Å²) in [7, 11) is 0. The van der Waals surface area contributed by atoms with Gasteiger partial charge in [0.15, 0.2) is 5.84 Å². The molecular weight excluding hydrogens is 192 g/mol. The maximum absolute atomic E-state index is 11.3. The number of hydrogen-bond acceptors (Lipinski definition) is 2. The number of hydrogen-bond donors (Lipinski definition) is 0. The molecule has 2 aliphatic rings. The summed E-state index contributed by atoms with van der Waals surface area (Å²) in [4.78, 5) is 27.1. The Bertz CT molecular complexity index is 382. The Labute approximate surface area is 79.2 Å². The van der Waals surface area contributed by atoms with Crippen molar-refractivity contribution >= 4 is 29.3 Å². The first-order valence-corrected chi connectivity index (χ1v) is 4.04. The predicted octanol–water partition coefficient (Wildman–Crippen LogP) is 0.794. The fraction of sp³-hybridized carbons (Fsp3) is 0.125. The Hall–Kier alpha value is -1.42. The summed E-state index contributed by atoms with van der Waals surface area (Å²) in [5.74, 6) is -0.513. The zero-order valence-electron chi connectivity index (χ0n) is 6.53. The van der Waals surface area contributed by atoms with E-state index < -0.39 is 5.91 Å². The number of amides is 2. The highest BCUT2D eigenvalue weighted by molar-refractivity contribution is 6.46. The molecule has 0 saturated carbocycles. The third kappa shape index (κ3) is 1.29. The van der Waals surface area contributed by atoms with Crippen LogP contribution in [0.1, 0.15) is 6.42 Å². The van der Waals surface area contributed by atoms with E-state index in [4.69, 9.17) is 11.6 Å². The molecule has 0 saturated heterocycles. The normalized spacial score (nSPS) is 21.2. The number of halogens is 1. The van der Waals surface area contributed by atoms with Crippen molar-refractivity contribution in [3.8, 4) is 0 Å². The number of allylic oxidation sites excluding steroid dienone is 2. The van der Waals surface area contributed by atoms with Crippen LogP contribution in [0.2, 0.25) is 0 Å². The van der Waals surface area contributed by atoms with Gasteiger partial charge in [0.05, 0.1) is 5.03 Å². The summed E-state index contributed by atoms with van der Waals surface area (Å²) in [5, 5.41) is 0.309. The van der Waals surface area contributed by atoms with Gasteiger partial charge in [0.1, 0.15) is 6.42 Å². The van der Waals surface area contributed by atoms with Crippen molar-refractivity contribution in [1.29, 1.82) is 0 Å². The van der Waals surface area contributed by atoms with E-state index >= 15 is 0 Å². The van der Waals surface area contributed by atoms with Gasteiger partial charge in [-0.1, -0.05) is 11.6 Å². The molecule has 0 radical (unpaired) electrons. The number of fused-ring (bicyclic) bond motifs is 1. The fourth-order valence-corrected chi connectivity index (χ4v) is 1.36. The number of rotatable bonds is 0. The van der Waals surface area contributed by atoms with E-state index in [1.54, 1.807) is 18.4 Å². The first kappa shape index (κ1) is 8.19. The van der Waals surface area contributed by atoms with Gasteiger partial charge in [-0.2, -0.15) is 4.99 Å². The Morgan fingerprint density at radius 2 is 2.23 bits per heavy atom. The first-order chi connectivity index (χ1) is 6.18. The smallest absolute Gasteiger partial charge is 0.257 e. The third-order valence-electron chi connectivity index (χ3n) is 1.72. The third-order valence-corrected chi connectivity index (χ3v) is 2.02. The van der Waals surface area contributed by atoms with Crippen molar-refractivity contribution < 1.29 is 9.59 Å². The van der Waals surface area contributed by atoms with Crippen LogP contribution in [0.3, 0.4) is 0 Å². The van der Waals surface area contributed by atoms with E-state index in [-0.39, 0.29) is 18.2 Å². The van der Waals surface area contributed by atoms with Crippen LogP contribution < -0.4 is 0 Å². The van der Waals surface area contributed by atoms with E-state index in [1.165, 1.54) is 4.90 Å². The molecule has 2 aliphatic heterocycles. The molecule has 2 heterocycles. The molecule has 66 valence electrons. The van der Waals surface area contributed by atoms with Crippen LogP contribution in [0.15, 0.2) is 28.4 Å². The van der Waals surface area contributed by atoms with E-state index in [1.807, 2.05) is 0 Å². The first-order valence-electron chi connectivity index (χ1n) is 3.66. The quantitative estimate of drug-likeness (QED) is 0.538. The van der Waals surface area contributed by atoms with Gasteiger partial charge in [-0.05, 0) is 12.2 Å². The average Bonchev–Trinajstić information content (AvgIpc) is 2.07. The minimum absolute atomic E-state index is 0.183. The summed E-state index contributed by atoms with van der Waals surface area (Å²) in [6.45, 7) is 0. The molecule has 0 bridgehead atoms. The highest BCUT2D eigenvalue weighted by atomic mass is 35.5. The summed E-state index contributed by atoms with van der Waals surface area (Å²) < 4.78 is 0. The van der Waals surface area contributed by atoms with Crippen LogP contribution in [0, 0.1) is 0 Å². The number of carbonyl (C=O) groups is 2. The van der Waals surface area contributed by atoms with Crippen molar-refractivity contribution in [2.75, 3.05) is 0 Å². The summed E-state index contributed by atoms with van der Waals surface area (Å²) in [5.41, 5.74) is 0. The largest absolute Gasteiger partial charge is 0.273 e. The van der Waals surface area contributed by atoms with Crippen LogP contribution in [0.5, 0.6) is 0 Å². The lowest BCUT2D eigenvalue weighted by atomic mass is 10.2. The van der Waals surface area contributed by atoms with Crippen molar-refractivity contribution in [3.05, 3.63) is 23.4 Å². The SMILES string of the molecule is O=C1CC(=O)N2C=CC=C(Cl)C2=N1. The number of aliphatic imine (C=N–C) groups is 1. The lowest BCUT2D eigenvalue weighted by Crippen LogP contribution is -2.39. The van der Waals surface area contributed by atoms with Crippen LogP contribution >= 0.6 is 11.6 Å². The maximum atomic E-state index is 11.3. The van der Waals surface area contributed by atoms with Gasteiger partial charge in [-0.3, -0.25) is 14.5 Å². The number of amidine groups is 1. The summed E-state index contributed by atoms with van der Waals surface area (Å²) in [6.07, 6.45) is 4.58. The Kier molecular flexibility index (Phi) is 1.77. The molecule has 0 aromatic heterocycles. The lowest BCUT2D eigenvalue weighted by Gasteiger charge is -2.24. The molecule has 0 atom stereocenters. The Balaban J connectivity index is 2.49. The lowest BCUT2D eigenvalue weighted by molar-refractivity contribution is -0.131. The van der Waals surface area contributed by atoms with E-state index in [0.717, 1.165) is 0 Å². The van der Waals surface area contributed by atoms with Gasteiger partial charge in [-0.25, -0.2) is 0 Å². The van der Waals surface area contributed by atoms with Crippen LogP contribution in [0.25, 0.3) is 0 Å². The molecule has 13 heavy (non-hydrogen) atoms. The van der Waals surface area contributed by atoms with Gasteiger partial charge < -0.3 is 0 Å². The highest BCUT2D eigenvalue weighted by Gasteiger charge is 2.28. The van der Waals surface area contributed by atoms with Gasteiger partial charge >= 0.3 is 0 Å². The van der Waals surface area contributed by atoms with Gasteiger partial charge in [0.25, 0.3) is 5.91 Å². The second-order valence-corrected chi connectivity index (χ2v) is 3.03. The topological polar surface area (TPSA) is 49.7 Å². The van der Waals surface area contributed by atoms with Crippen molar-refractivity contribution in [1.82, 2.24) is 4.90 Å². The molecule has 0 spiro atoms. The van der Waals surface area contributed by atoms with Crippen molar-refractivity contribution in [2.45, 2.75) is 6.42 Å². The molecule has 4 nitrogen and oxygen atoms in total. The highest BCUT2D eigenvalue weighted by Crippen LogP contribution is 2.19.